The highest BCUT2D eigenvalue weighted by molar-refractivity contribution is 4.84. The maximum absolute atomic E-state index is 9.17. The quantitative estimate of drug-likeness (QED) is 0.726. The fourth-order valence-corrected chi connectivity index (χ4v) is 3.97. The molecule has 0 heterocycles. The standard InChI is InChI=1S/C16H28O/c1-2-3-13-4-8-15(9-5-13)16-10-6-14(12-17)7-11-16/h2,13-17H,1,3-12H2/t13-,14-,15-,16-. The predicted octanol–water partition coefficient (Wildman–Crippen LogP) is 4.17. The molecule has 0 aromatic carbocycles. The zero-order chi connectivity index (χ0) is 12.1. The van der Waals surface area contributed by atoms with Crippen molar-refractivity contribution < 1.29 is 5.11 Å². The van der Waals surface area contributed by atoms with Gasteiger partial charge in [0.05, 0.1) is 0 Å². The largest absolute Gasteiger partial charge is 0.396 e. The third-order valence-electron chi connectivity index (χ3n) is 5.21. The molecule has 2 saturated carbocycles. The molecule has 98 valence electrons. The van der Waals surface area contributed by atoms with E-state index in [-0.39, 0.29) is 0 Å². The molecule has 0 radical (unpaired) electrons. The Labute approximate surface area is 106 Å². The van der Waals surface area contributed by atoms with Crippen molar-refractivity contribution in [2.75, 3.05) is 6.61 Å². The number of rotatable bonds is 4. The molecule has 0 unspecified atom stereocenters. The SMILES string of the molecule is C=CC[C@H]1CC[C@H]([C@H]2CC[C@H](CO)CC2)CC1. The zero-order valence-electron chi connectivity index (χ0n) is 11.1. The summed E-state index contributed by atoms with van der Waals surface area (Å²) in [6.45, 7) is 4.27. The van der Waals surface area contributed by atoms with E-state index in [1.54, 1.807) is 0 Å². The lowest BCUT2D eigenvalue weighted by Gasteiger charge is -2.37. The van der Waals surface area contributed by atoms with Crippen LogP contribution < -0.4 is 0 Å². The number of hydrogen-bond acceptors (Lipinski definition) is 1. The van der Waals surface area contributed by atoms with Crippen molar-refractivity contribution in [2.45, 2.75) is 57.8 Å². The van der Waals surface area contributed by atoms with Gasteiger partial charge in [0.1, 0.15) is 0 Å². The van der Waals surface area contributed by atoms with Crippen LogP contribution in [-0.4, -0.2) is 11.7 Å². The molecular formula is C16H28O. The van der Waals surface area contributed by atoms with E-state index in [1.807, 2.05) is 0 Å². The van der Waals surface area contributed by atoms with E-state index in [2.05, 4.69) is 12.7 Å². The van der Waals surface area contributed by atoms with Gasteiger partial charge < -0.3 is 5.11 Å². The first kappa shape index (κ1) is 13.1. The average Bonchev–Trinajstić information content (AvgIpc) is 2.40. The monoisotopic (exact) mass is 236 g/mol. The summed E-state index contributed by atoms with van der Waals surface area (Å²) in [7, 11) is 0. The van der Waals surface area contributed by atoms with Crippen molar-refractivity contribution in [3.8, 4) is 0 Å². The molecule has 2 aliphatic carbocycles. The van der Waals surface area contributed by atoms with Gasteiger partial charge in [-0.25, -0.2) is 0 Å². The molecule has 0 bridgehead atoms. The lowest BCUT2D eigenvalue weighted by Crippen LogP contribution is -2.26. The zero-order valence-corrected chi connectivity index (χ0v) is 11.1. The molecule has 1 heteroatoms. The van der Waals surface area contributed by atoms with Gasteiger partial charge in [-0.2, -0.15) is 0 Å². The van der Waals surface area contributed by atoms with Crippen LogP contribution in [0.4, 0.5) is 0 Å². The third-order valence-corrected chi connectivity index (χ3v) is 5.21. The van der Waals surface area contributed by atoms with Crippen molar-refractivity contribution in [2.24, 2.45) is 23.7 Å². The number of aliphatic hydroxyl groups excluding tert-OH is 1. The third kappa shape index (κ3) is 3.58. The normalized spacial score (nSPS) is 38.9. The lowest BCUT2D eigenvalue weighted by atomic mass is 9.69. The van der Waals surface area contributed by atoms with Gasteiger partial charge in [0, 0.05) is 6.61 Å². The van der Waals surface area contributed by atoms with Crippen LogP contribution in [0.2, 0.25) is 0 Å². The smallest absolute Gasteiger partial charge is 0.0459 e. The second-order valence-electron chi connectivity index (χ2n) is 6.27. The topological polar surface area (TPSA) is 20.2 Å². The summed E-state index contributed by atoms with van der Waals surface area (Å²) >= 11 is 0. The van der Waals surface area contributed by atoms with E-state index in [0.717, 1.165) is 17.8 Å². The minimum absolute atomic E-state index is 0.415. The summed E-state index contributed by atoms with van der Waals surface area (Å²) in [5.41, 5.74) is 0. The van der Waals surface area contributed by atoms with E-state index in [1.165, 1.54) is 57.8 Å². The van der Waals surface area contributed by atoms with Crippen LogP contribution >= 0.6 is 0 Å². The Kier molecular flexibility index (Phi) is 5.09. The summed E-state index contributed by atoms with van der Waals surface area (Å²) in [4.78, 5) is 0. The van der Waals surface area contributed by atoms with Gasteiger partial charge in [0.2, 0.25) is 0 Å². The molecule has 0 atom stereocenters. The first-order valence-corrected chi connectivity index (χ1v) is 7.55. The fraction of sp³-hybridized carbons (Fsp3) is 0.875. The van der Waals surface area contributed by atoms with Crippen LogP contribution in [0.15, 0.2) is 12.7 Å². The highest BCUT2D eigenvalue weighted by atomic mass is 16.3. The molecule has 0 amide bonds. The molecule has 0 aliphatic heterocycles. The highest BCUT2D eigenvalue weighted by Gasteiger charge is 2.30. The van der Waals surface area contributed by atoms with Gasteiger partial charge in [-0.3, -0.25) is 0 Å². The summed E-state index contributed by atoms with van der Waals surface area (Å²) in [5.74, 6) is 3.51. The van der Waals surface area contributed by atoms with E-state index < -0.39 is 0 Å². The van der Waals surface area contributed by atoms with Gasteiger partial charge in [-0.05, 0) is 81.5 Å². The summed E-state index contributed by atoms with van der Waals surface area (Å²) in [6, 6.07) is 0. The Morgan fingerprint density at radius 1 is 0.824 bits per heavy atom. The van der Waals surface area contributed by atoms with Crippen LogP contribution in [0.3, 0.4) is 0 Å². The number of allylic oxidation sites excluding steroid dienone is 1. The molecule has 17 heavy (non-hydrogen) atoms. The molecule has 1 N–H and O–H groups in total. The van der Waals surface area contributed by atoms with Gasteiger partial charge in [-0.1, -0.05) is 6.08 Å². The Balaban J connectivity index is 1.72. The maximum Gasteiger partial charge on any atom is 0.0459 e. The van der Waals surface area contributed by atoms with E-state index in [4.69, 9.17) is 0 Å². The van der Waals surface area contributed by atoms with Crippen LogP contribution in [0, 0.1) is 23.7 Å². The second-order valence-corrected chi connectivity index (χ2v) is 6.27. The van der Waals surface area contributed by atoms with Gasteiger partial charge in [0.25, 0.3) is 0 Å². The van der Waals surface area contributed by atoms with Gasteiger partial charge in [0.15, 0.2) is 0 Å². The highest BCUT2D eigenvalue weighted by Crippen LogP contribution is 2.41. The molecule has 2 fully saturated rings. The van der Waals surface area contributed by atoms with E-state index >= 15 is 0 Å². The first-order valence-electron chi connectivity index (χ1n) is 7.55. The van der Waals surface area contributed by atoms with E-state index in [9.17, 15) is 5.11 Å². The molecule has 0 spiro atoms. The molecule has 0 aromatic rings. The second kappa shape index (κ2) is 6.58. The molecule has 2 aliphatic rings. The molecule has 2 rings (SSSR count). The number of aliphatic hydroxyl groups is 1. The minimum atomic E-state index is 0.415. The summed E-state index contributed by atoms with van der Waals surface area (Å²) < 4.78 is 0. The van der Waals surface area contributed by atoms with E-state index in [0.29, 0.717) is 12.5 Å². The average molecular weight is 236 g/mol. The van der Waals surface area contributed by atoms with Crippen molar-refractivity contribution in [1.82, 2.24) is 0 Å². The maximum atomic E-state index is 9.17. The lowest BCUT2D eigenvalue weighted by molar-refractivity contribution is 0.117. The Morgan fingerprint density at radius 2 is 1.29 bits per heavy atom. The van der Waals surface area contributed by atoms with Crippen molar-refractivity contribution in [1.29, 1.82) is 0 Å². The molecular weight excluding hydrogens is 208 g/mol. The van der Waals surface area contributed by atoms with Crippen LogP contribution in [0.25, 0.3) is 0 Å². The fourth-order valence-electron chi connectivity index (χ4n) is 3.97. The van der Waals surface area contributed by atoms with Crippen LogP contribution in [0.5, 0.6) is 0 Å². The van der Waals surface area contributed by atoms with Crippen molar-refractivity contribution in [3.05, 3.63) is 12.7 Å². The summed E-state index contributed by atoms with van der Waals surface area (Å²) in [5, 5.41) is 9.17. The Morgan fingerprint density at radius 3 is 1.71 bits per heavy atom. The first-order chi connectivity index (χ1) is 8.33. The Hall–Kier alpha value is -0.300. The Bertz CT molecular complexity index is 220. The summed E-state index contributed by atoms with van der Waals surface area (Å²) in [6.07, 6.45) is 14.4. The van der Waals surface area contributed by atoms with Gasteiger partial charge in [-0.15, -0.1) is 6.58 Å². The molecule has 0 saturated heterocycles. The van der Waals surface area contributed by atoms with Gasteiger partial charge >= 0.3 is 0 Å². The van der Waals surface area contributed by atoms with Crippen LogP contribution in [0.1, 0.15) is 57.8 Å². The van der Waals surface area contributed by atoms with Crippen molar-refractivity contribution in [3.63, 3.8) is 0 Å². The minimum Gasteiger partial charge on any atom is -0.396 e. The number of hydrogen-bond donors (Lipinski definition) is 1. The predicted molar refractivity (Wildman–Crippen MR) is 72.8 cm³/mol. The van der Waals surface area contributed by atoms with Crippen molar-refractivity contribution >= 4 is 0 Å². The molecule has 1 nitrogen and oxygen atoms in total. The molecule has 0 aromatic heterocycles. The van der Waals surface area contributed by atoms with Crippen LogP contribution in [-0.2, 0) is 0 Å².